The number of hydrogen-bond acceptors (Lipinski definition) is 4. The van der Waals surface area contributed by atoms with Crippen molar-refractivity contribution in [2.24, 2.45) is 0 Å². The number of sulfone groups is 1. The fourth-order valence-electron chi connectivity index (χ4n) is 1.85. The molecule has 1 N–H and O–H groups in total. The van der Waals surface area contributed by atoms with Gasteiger partial charge in [0.15, 0.2) is 9.84 Å². The summed E-state index contributed by atoms with van der Waals surface area (Å²) in [5, 5.41) is 8.99. The van der Waals surface area contributed by atoms with Crippen molar-refractivity contribution in [2.45, 2.75) is 31.2 Å². The topological polar surface area (TPSA) is 74.7 Å². The van der Waals surface area contributed by atoms with Crippen molar-refractivity contribution >= 4 is 21.5 Å². The van der Waals surface area contributed by atoms with Crippen LogP contribution in [-0.4, -0.2) is 38.3 Å². The van der Waals surface area contributed by atoms with Crippen LogP contribution in [0.1, 0.15) is 20.3 Å². The van der Waals surface area contributed by atoms with Gasteiger partial charge in [-0.3, -0.25) is 4.79 Å². The molecule has 0 heterocycles. The molecule has 0 fully saturated rings. The van der Waals surface area contributed by atoms with E-state index in [4.69, 9.17) is 5.11 Å². The summed E-state index contributed by atoms with van der Waals surface area (Å²) in [5.74, 6) is -0.983. The molecule has 0 saturated heterocycles. The molecule has 1 aromatic rings. The fraction of sp³-hybridized carbons (Fsp3) is 0.462. The minimum Gasteiger partial charge on any atom is -0.480 e. The van der Waals surface area contributed by atoms with Crippen LogP contribution in [0.25, 0.3) is 0 Å². The third-order valence-corrected chi connectivity index (χ3v) is 4.15. The zero-order valence-corrected chi connectivity index (χ0v) is 12.1. The minimum atomic E-state index is -3.39. The predicted molar refractivity (Wildman–Crippen MR) is 74.3 cm³/mol. The van der Waals surface area contributed by atoms with Gasteiger partial charge in [0, 0.05) is 12.3 Å². The van der Waals surface area contributed by atoms with E-state index in [1.807, 2.05) is 13.8 Å². The molecular formula is C13H19NO4S. The Balaban J connectivity index is 3.34. The van der Waals surface area contributed by atoms with E-state index in [0.29, 0.717) is 5.69 Å². The highest BCUT2D eigenvalue weighted by Crippen LogP contribution is 2.27. The van der Waals surface area contributed by atoms with Crippen LogP contribution in [-0.2, 0) is 14.6 Å². The molecule has 0 aliphatic rings. The lowest BCUT2D eigenvalue weighted by molar-refractivity contribution is -0.135. The number of aliphatic carboxylic acids is 1. The molecule has 0 aliphatic carbocycles. The first kappa shape index (κ1) is 15.5. The van der Waals surface area contributed by atoms with Gasteiger partial charge in [0.1, 0.15) is 6.54 Å². The van der Waals surface area contributed by atoms with Gasteiger partial charge in [0.25, 0.3) is 0 Å². The Kier molecular flexibility index (Phi) is 4.94. The van der Waals surface area contributed by atoms with Gasteiger partial charge in [0.05, 0.1) is 10.6 Å². The molecule has 0 radical (unpaired) electrons. The second-order valence-corrected chi connectivity index (χ2v) is 6.50. The van der Waals surface area contributed by atoms with Gasteiger partial charge in [-0.25, -0.2) is 8.42 Å². The Bertz CT molecular complexity index is 554. The highest BCUT2D eigenvalue weighted by molar-refractivity contribution is 7.90. The molecule has 0 bridgehead atoms. The van der Waals surface area contributed by atoms with Crippen LogP contribution in [0.15, 0.2) is 29.2 Å². The number of hydrogen-bond donors (Lipinski definition) is 1. The third-order valence-electron chi connectivity index (χ3n) is 3.00. The van der Waals surface area contributed by atoms with Crippen LogP contribution < -0.4 is 4.90 Å². The van der Waals surface area contributed by atoms with Gasteiger partial charge in [0.2, 0.25) is 0 Å². The molecule has 19 heavy (non-hydrogen) atoms. The number of carboxylic acids is 1. The third kappa shape index (κ3) is 3.96. The number of benzene rings is 1. The summed E-state index contributed by atoms with van der Waals surface area (Å²) in [6.07, 6.45) is 1.85. The lowest BCUT2D eigenvalue weighted by atomic mass is 10.2. The van der Waals surface area contributed by atoms with E-state index < -0.39 is 15.8 Å². The molecule has 6 heteroatoms. The number of carbonyl (C=O) groups is 1. The van der Waals surface area contributed by atoms with Crippen LogP contribution >= 0.6 is 0 Å². The van der Waals surface area contributed by atoms with E-state index in [1.165, 1.54) is 6.07 Å². The molecular weight excluding hydrogens is 266 g/mol. The average molecular weight is 285 g/mol. The Labute approximate surface area is 113 Å². The second kappa shape index (κ2) is 6.06. The van der Waals surface area contributed by atoms with Crippen LogP contribution in [0.3, 0.4) is 0 Å². The first-order valence-electron chi connectivity index (χ1n) is 6.05. The van der Waals surface area contributed by atoms with Crippen LogP contribution in [0.4, 0.5) is 5.69 Å². The van der Waals surface area contributed by atoms with Gasteiger partial charge in [-0.05, 0) is 25.5 Å². The smallest absolute Gasteiger partial charge is 0.323 e. The van der Waals surface area contributed by atoms with Crippen LogP contribution in [0, 0.1) is 0 Å². The van der Waals surface area contributed by atoms with Crippen molar-refractivity contribution in [3.8, 4) is 0 Å². The molecule has 1 unspecified atom stereocenters. The maximum absolute atomic E-state index is 11.8. The average Bonchev–Trinajstić information content (AvgIpc) is 2.34. The Morgan fingerprint density at radius 1 is 1.37 bits per heavy atom. The van der Waals surface area contributed by atoms with E-state index in [2.05, 4.69) is 0 Å². The maximum atomic E-state index is 11.8. The number of rotatable bonds is 6. The number of anilines is 1. The highest BCUT2D eigenvalue weighted by Gasteiger charge is 2.22. The first-order valence-corrected chi connectivity index (χ1v) is 7.94. The van der Waals surface area contributed by atoms with Crippen LogP contribution in [0.2, 0.25) is 0 Å². The molecule has 106 valence electrons. The summed E-state index contributed by atoms with van der Waals surface area (Å²) in [6.45, 7) is 3.59. The monoisotopic (exact) mass is 285 g/mol. The zero-order chi connectivity index (χ0) is 14.6. The number of para-hydroxylation sites is 1. The zero-order valence-electron chi connectivity index (χ0n) is 11.3. The van der Waals surface area contributed by atoms with Gasteiger partial charge < -0.3 is 10.0 Å². The van der Waals surface area contributed by atoms with Gasteiger partial charge >= 0.3 is 5.97 Å². The summed E-state index contributed by atoms with van der Waals surface area (Å²) in [4.78, 5) is 12.7. The Hall–Kier alpha value is -1.56. The van der Waals surface area contributed by atoms with Crippen molar-refractivity contribution in [1.82, 2.24) is 0 Å². The van der Waals surface area contributed by atoms with Gasteiger partial charge in [-0.2, -0.15) is 0 Å². The summed E-state index contributed by atoms with van der Waals surface area (Å²) in [5.41, 5.74) is 0.446. The largest absolute Gasteiger partial charge is 0.480 e. The molecule has 0 aromatic heterocycles. The van der Waals surface area contributed by atoms with E-state index in [0.717, 1.165) is 12.7 Å². The van der Waals surface area contributed by atoms with E-state index >= 15 is 0 Å². The van der Waals surface area contributed by atoms with Crippen molar-refractivity contribution in [1.29, 1.82) is 0 Å². The SMILES string of the molecule is CCC(C)N(CC(=O)O)c1ccccc1S(C)(=O)=O. The van der Waals surface area contributed by atoms with E-state index in [1.54, 1.807) is 23.1 Å². The predicted octanol–water partition coefficient (Wildman–Crippen LogP) is 1.78. The van der Waals surface area contributed by atoms with Crippen molar-refractivity contribution < 1.29 is 18.3 Å². The molecule has 0 aliphatic heterocycles. The second-order valence-electron chi connectivity index (χ2n) is 4.52. The fourth-order valence-corrected chi connectivity index (χ4v) is 2.74. The Morgan fingerprint density at radius 2 is 1.95 bits per heavy atom. The number of carboxylic acid groups (broad SMARTS) is 1. The summed E-state index contributed by atoms with van der Waals surface area (Å²) in [7, 11) is -3.39. The van der Waals surface area contributed by atoms with Crippen molar-refractivity contribution in [2.75, 3.05) is 17.7 Å². The minimum absolute atomic E-state index is 0.0565. The summed E-state index contributed by atoms with van der Waals surface area (Å²) >= 11 is 0. The summed E-state index contributed by atoms with van der Waals surface area (Å²) < 4.78 is 23.6. The first-order chi connectivity index (χ1) is 8.77. The maximum Gasteiger partial charge on any atom is 0.323 e. The van der Waals surface area contributed by atoms with E-state index in [9.17, 15) is 13.2 Å². The molecule has 5 nitrogen and oxygen atoms in total. The molecule has 1 rings (SSSR count). The van der Waals surface area contributed by atoms with Crippen molar-refractivity contribution in [3.63, 3.8) is 0 Å². The quantitative estimate of drug-likeness (QED) is 0.862. The van der Waals surface area contributed by atoms with Crippen molar-refractivity contribution in [3.05, 3.63) is 24.3 Å². The lowest BCUT2D eigenvalue weighted by Gasteiger charge is -2.30. The molecule has 0 saturated carbocycles. The number of nitrogens with zero attached hydrogens (tertiary/aromatic N) is 1. The Morgan fingerprint density at radius 3 is 2.42 bits per heavy atom. The molecule has 0 amide bonds. The van der Waals surface area contributed by atoms with Crippen LogP contribution in [0.5, 0.6) is 0 Å². The van der Waals surface area contributed by atoms with E-state index in [-0.39, 0.29) is 17.5 Å². The molecule has 0 spiro atoms. The highest BCUT2D eigenvalue weighted by atomic mass is 32.2. The molecule has 1 aromatic carbocycles. The lowest BCUT2D eigenvalue weighted by Crippen LogP contribution is -2.37. The molecule has 1 atom stereocenters. The summed E-state index contributed by atoms with van der Waals surface area (Å²) in [6, 6.07) is 6.43. The standard InChI is InChI=1S/C13H19NO4S/c1-4-10(2)14(9-13(15)16)11-7-5-6-8-12(11)19(3,17)18/h5-8,10H,4,9H2,1-3H3,(H,15,16). The normalized spacial score (nSPS) is 13.0. The van der Waals surface area contributed by atoms with Gasteiger partial charge in [-0.15, -0.1) is 0 Å². The van der Waals surface area contributed by atoms with Gasteiger partial charge in [-0.1, -0.05) is 19.1 Å².